The highest BCUT2D eigenvalue weighted by Gasteiger charge is 2.14. The number of nitrogens with one attached hydrogen (secondary N) is 1. The van der Waals surface area contributed by atoms with Gasteiger partial charge in [-0.1, -0.05) is 34.1 Å². The molecule has 0 aromatic heterocycles. The van der Waals surface area contributed by atoms with Crippen molar-refractivity contribution < 1.29 is 17.9 Å². The summed E-state index contributed by atoms with van der Waals surface area (Å²) in [6.45, 7) is 0. The quantitative estimate of drug-likeness (QED) is 0.621. The van der Waals surface area contributed by atoms with Gasteiger partial charge in [0.25, 0.3) is 10.0 Å². The lowest BCUT2D eigenvalue weighted by atomic mass is 10.2. The first-order chi connectivity index (χ1) is 10.9. The number of hydrogen-bond acceptors (Lipinski definition) is 4. The fraction of sp³-hybridized carbons (Fsp3) is 0.0625. The van der Waals surface area contributed by atoms with E-state index in [1.54, 1.807) is 36.4 Å². The van der Waals surface area contributed by atoms with Gasteiger partial charge >= 0.3 is 5.97 Å². The number of methoxy groups -OCH3 is 1. The molecule has 0 saturated carbocycles. The van der Waals surface area contributed by atoms with Crippen LogP contribution in [0.25, 0.3) is 6.08 Å². The molecule has 23 heavy (non-hydrogen) atoms. The molecule has 0 bridgehead atoms. The van der Waals surface area contributed by atoms with Crippen molar-refractivity contribution >= 4 is 43.7 Å². The van der Waals surface area contributed by atoms with Crippen LogP contribution in [0, 0.1) is 0 Å². The Morgan fingerprint density at radius 2 is 1.91 bits per heavy atom. The minimum absolute atomic E-state index is 0.101. The van der Waals surface area contributed by atoms with E-state index in [4.69, 9.17) is 0 Å². The van der Waals surface area contributed by atoms with Gasteiger partial charge in [-0.15, -0.1) is 0 Å². The Balaban J connectivity index is 2.26. The Kier molecular flexibility index (Phi) is 5.57. The van der Waals surface area contributed by atoms with Crippen LogP contribution in [0.4, 0.5) is 5.69 Å². The molecule has 0 aliphatic carbocycles. The summed E-state index contributed by atoms with van der Waals surface area (Å²) in [7, 11) is -2.44. The molecule has 0 amide bonds. The van der Waals surface area contributed by atoms with Gasteiger partial charge in [0, 0.05) is 16.2 Å². The molecule has 7 heteroatoms. The van der Waals surface area contributed by atoms with Crippen molar-refractivity contribution in [3.63, 3.8) is 0 Å². The first-order valence-corrected chi connectivity index (χ1v) is 8.83. The van der Waals surface area contributed by atoms with Gasteiger partial charge in [-0.2, -0.15) is 0 Å². The zero-order chi connectivity index (χ0) is 16.9. The number of rotatable bonds is 5. The van der Waals surface area contributed by atoms with E-state index in [2.05, 4.69) is 25.4 Å². The van der Waals surface area contributed by atoms with Crippen LogP contribution < -0.4 is 4.72 Å². The molecule has 120 valence electrons. The second-order valence-corrected chi connectivity index (χ2v) is 7.14. The Bertz CT molecular complexity index is 847. The van der Waals surface area contributed by atoms with Gasteiger partial charge in [0.2, 0.25) is 0 Å². The van der Waals surface area contributed by atoms with Crippen LogP contribution in [0.15, 0.2) is 64.0 Å². The minimum Gasteiger partial charge on any atom is -0.466 e. The molecule has 0 radical (unpaired) electrons. The number of anilines is 1. The van der Waals surface area contributed by atoms with Crippen molar-refractivity contribution in [2.24, 2.45) is 0 Å². The first-order valence-electron chi connectivity index (χ1n) is 6.55. The highest BCUT2D eigenvalue weighted by molar-refractivity contribution is 9.10. The van der Waals surface area contributed by atoms with Gasteiger partial charge in [0.1, 0.15) is 0 Å². The first kappa shape index (κ1) is 17.2. The maximum atomic E-state index is 12.4. The van der Waals surface area contributed by atoms with Crippen LogP contribution >= 0.6 is 15.9 Å². The Hall–Kier alpha value is -2.12. The summed E-state index contributed by atoms with van der Waals surface area (Å²) in [5.74, 6) is -0.509. The topological polar surface area (TPSA) is 72.5 Å². The van der Waals surface area contributed by atoms with Crippen molar-refractivity contribution in [1.29, 1.82) is 0 Å². The number of esters is 1. The second kappa shape index (κ2) is 7.43. The lowest BCUT2D eigenvalue weighted by Gasteiger charge is -2.09. The largest absolute Gasteiger partial charge is 0.466 e. The molecule has 0 spiro atoms. The molecule has 0 saturated heterocycles. The van der Waals surface area contributed by atoms with Gasteiger partial charge in [-0.05, 0) is 42.0 Å². The average molecular weight is 396 g/mol. The molecule has 0 fully saturated rings. The van der Waals surface area contributed by atoms with Crippen LogP contribution in [0.2, 0.25) is 0 Å². The lowest BCUT2D eigenvalue weighted by Crippen LogP contribution is -2.12. The third-order valence-corrected chi connectivity index (χ3v) is 4.73. The van der Waals surface area contributed by atoms with E-state index < -0.39 is 16.0 Å². The van der Waals surface area contributed by atoms with E-state index in [9.17, 15) is 13.2 Å². The van der Waals surface area contributed by atoms with Crippen LogP contribution in [0.3, 0.4) is 0 Å². The van der Waals surface area contributed by atoms with E-state index in [0.717, 1.165) is 4.47 Å². The molecular formula is C16H14BrNO4S. The predicted molar refractivity (Wildman–Crippen MR) is 92.4 cm³/mol. The smallest absolute Gasteiger partial charge is 0.330 e. The molecule has 1 N–H and O–H groups in total. The third kappa shape index (κ3) is 4.94. The van der Waals surface area contributed by atoms with Gasteiger partial charge in [0.05, 0.1) is 12.0 Å². The highest BCUT2D eigenvalue weighted by atomic mass is 79.9. The van der Waals surface area contributed by atoms with Gasteiger partial charge in [-0.25, -0.2) is 13.2 Å². The standard InChI is InChI=1S/C16H14BrNO4S/c1-22-16(19)9-8-12-4-2-7-15(10-12)23(20,21)18-14-6-3-5-13(17)11-14/h2-11,18H,1H3/b9-8+. The summed E-state index contributed by atoms with van der Waals surface area (Å²) < 4.78 is 32.6. The zero-order valence-electron chi connectivity index (χ0n) is 12.2. The van der Waals surface area contributed by atoms with E-state index in [-0.39, 0.29) is 4.90 Å². The predicted octanol–water partition coefficient (Wildman–Crippen LogP) is 3.44. The summed E-state index contributed by atoms with van der Waals surface area (Å²) in [5, 5.41) is 0. The molecule has 2 rings (SSSR count). The van der Waals surface area contributed by atoms with Crippen LogP contribution in [-0.2, 0) is 19.6 Å². The molecule has 0 aliphatic rings. The van der Waals surface area contributed by atoms with Crippen LogP contribution in [0.1, 0.15) is 5.56 Å². The van der Waals surface area contributed by atoms with Gasteiger partial charge in [-0.3, -0.25) is 4.72 Å². The Morgan fingerprint density at radius 3 is 2.61 bits per heavy atom. The molecule has 2 aromatic rings. The summed E-state index contributed by atoms with van der Waals surface area (Å²) in [5.41, 5.74) is 1.03. The minimum atomic E-state index is -3.72. The molecular weight excluding hydrogens is 382 g/mol. The number of ether oxygens (including phenoxy) is 1. The number of carbonyl (C=O) groups excluding carboxylic acids is 1. The summed E-state index contributed by atoms with van der Waals surface area (Å²) in [4.78, 5) is 11.2. The normalized spacial score (nSPS) is 11.4. The third-order valence-electron chi connectivity index (χ3n) is 2.86. The SMILES string of the molecule is COC(=O)/C=C/c1cccc(S(=O)(=O)Nc2cccc(Br)c2)c1. The molecule has 0 unspecified atom stereocenters. The maximum Gasteiger partial charge on any atom is 0.330 e. The molecule has 0 heterocycles. The van der Waals surface area contributed by atoms with Gasteiger partial charge in [0.15, 0.2) is 0 Å². The second-order valence-electron chi connectivity index (χ2n) is 4.54. The van der Waals surface area contributed by atoms with Crippen LogP contribution in [-0.4, -0.2) is 21.5 Å². The zero-order valence-corrected chi connectivity index (χ0v) is 14.6. The highest BCUT2D eigenvalue weighted by Crippen LogP contribution is 2.20. The van der Waals surface area contributed by atoms with E-state index in [1.807, 2.05) is 0 Å². The summed E-state index contributed by atoms with van der Waals surface area (Å²) in [6.07, 6.45) is 2.72. The monoisotopic (exact) mass is 395 g/mol. The molecule has 0 atom stereocenters. The number of benzene rings is 2. The van der Waals surface area contributed by atoms with E-state index >= 15 is 0 Å². The number of carbonyl (C=O) groups is 1. The fourth-order valence-corrected chi connectivity index (χ4v) is 3.29. The Labute approximate surface area is 143 Å². The van der Waals surface area contributed by atoms with Crippen molar-refractivity contribution in [2.75, 3.05) is 11.8 Å². The summed E-state index contributed by atoms with van der Waals surface area (Å²) in [6, 6.07) is 13.1. The number of sulfonamides is 1. The van der Waals surface area contributed by atoms with Crippen LogP contribution in [0.5, 0.6) is 0 Å². The van der Waals surface area contributed by atoms with Crippen molar-refractivity contribution in [1.82, 2.24) is 0 Å². The Morgan fingerprint density at radius 1 is 1.17 bits per heavy atom. The lowest BCUT2D eigenvalue weighted by molar-refractivity contribution is -0.134. The van der Waals surface area contributed by atoms with E-state index in [0.29, 0.717) is 11.3 Å². The van der Waals surface area contributed by atoms with Gasteiger partial charge < -0.3 is 4.74 Å². The molecule has 5 nitrogen and oxygen atoms in total. The summed E-state index contributed by atoms with van der Waals surface area (Å²) >= 11 is 3.29. The van der Waals surface area contributed by atoms with Crippen molar-refractivity contribution in [3.05, 3.63) is 64.6 Å². The van der Waals surface area contributed by atoms with Crippen molar-refractivity contribution in [3.8, 4) is 0 Å². The number of halogens is 1. The fourth-order valence-electron chi connectivity index (χ4n) is 1.78. The molecule has 2 aromatic carbocycles. The van der Waals surface area contributed by atoms with E-state index in [1.165, 1.54) is 31.4 Å². The van der Waals surface area contributed by atoms with Crippen molar-refractivity contribution in [2.45, 2.75) is 4.90 Å². The molecule has 0 aliphatic heterocycles. The maximum absolute atomic E-state index is 12.4. The number of hydrogen-bond donors (Lipinski definition) is 1. The average Bonchev–Trinajstić information content (AvgIpc) is 2.52.